The molecule has 1 aliphatic rings. The number of benzene rings is 2. The lowest BCUT2D eigenvalue weighted by atomic mass is 10.1. The Morgan fingerprint density at radius 2 is 1.85 bits per heavy atom. The van der Waals surface area contributed by atoms with Crippen LogP contribution in [-0.2, 0) is 20.9 Å². The highest BCUT2D eigenvalue weighted by Gasteiger charge is 2.20. The number of fused-ring (bicyclic) bond motifs is 3. The highest BCUT2D eigenvalue weighted by Crippen LogP contribution is 2.32. The quantitative estimate of drug-likeness (QED) is 0.343. The van der Waals surface area contributed by atoms with Gasteiger partial charge >= 0.3 is 0 Å². The summed E-state index contributed by atoms with van der Waals surface area (Å²) < 4.78 is 7.70. The van der Waals surface area contributed by atoms with E-state index in [2.05, 4.69) is 69.5 Å². The van der Waals surface area contributed by atoms with Gasteiger partial charge in [-0.05, 0) is 44.2 Å². The van der Waals surface area contributed by atoms with Gasteiger partial charge in [-0.3, -0.25) is 14.5 Å². The average Bonchev–Trinajstić information content (AvgIpc) is 3.17. The molecule has 3 aromatic rings. The number of nitrogens with zero attached hydrogens (tertiary/aromatic N) is 2. The Kier molecular flexibility index (Phi) is 8.48. The minimum Gasteiger partial charge on any atom is -0.379 e. The zero-order valence-electron chi connectivity index (χ0n) is 20.0. The van der Waals surface area contributed by atoms with Crippen molar-refractivity contribution in [2.24, 2.45) is 0 Å². The molecule has 0 spiro atoms. The zero-order valence-corrected chi connectivity index (χ0v) is 20.8. The summed E-state index contributed by atoms with van der Waals surface area (Å²) >= 11 is 1.59. The van der Waals surface area contributed by atoms with Gasteiger partial charge in [-0.1, -0.05) is 18.2 Å². The van der Waals surface area contributed by atoms with Crippen molar-refractivity contribution in [3.05, 3.63) is 42.5 Å². The van der Waals surface area contributed by atoms with Gasteiger partial charge in [0.2, 0.25) is 11.8 Å². The van der Waals surface area contributed by atoms with Crippen LogP contribution in [-0.4, -0.2) is 72.5 Å². The van der Waals surface area contributed by atoms with Crippen LogP contribution in [0.1, 0.15) is 20.3 Å². The monoisotopic (exact) mass is 482 g/mol. The first kappa shape index (κ1) is 24.6. The van der Waals surface area contributed by atoms with Crippen molar-refractivity contribution in [3.63, 3.8) is 0 Å². The first-order chi connectivity index (χ1) is 16.6. The van der Waals surface area contributed by atoms with E-state index in [1.807, 2.05) is 0 Å². The molecule has 1 saturated heterocycles. The van der Waals surface area contributed by atoms with Crippen LogP contribution in [0.15, 0.2) is 47.4 Å². The fourth-order valence-electron chi connectivity index (χ4n) is 4.53. The summed E-state index contributed by atoms with van der Waals surface area (Å²) in [5, 5.41) is 8.27. The third-order valence-electron chi connectivity index (χ3n) is 6.22. The van der Waals surface area contributed by atoms with E-state index in [0.717, 1.165) is 50.7 Å². The van der Waals surface area contributed by atoms with E-state index >= 15 is 0 Å². The molecular weight excluding hydrogens is 448 g/mol. The number of hydrogen-bond acceptors (Lipinski definition) is 5. The molecule has 0 saturated carbocycles. The van der Waals surface area contributed by atoms with E-state index in [4.69, 9.17) is 4.74 Å². The van der Waals surface area contributed by atoms with Gasteiger partial charge in [0.15, 0.2) is 0 Å². The standard InChI is InChI=1S/C26H34N4O3S/c1-3-30-24-8-5-4-7-21(24)22-17-20(9-10-25(22)30)34-18-23(28-19(2)31)26(32)27-11-6-12-29-13-15-33-16-14-29/h4-5,7-10,17,23H,3,6,11-16,18H2,1-2H3,(H,27,32)(H,28,31). The molecule has 1 aromatic heterocycles. The lowest BCUT2D eigenvalue weighted by molar-refractivity contribution is -0.127. The van der Waals surface area contributed by atoms with Crippen LogP contribution < -0.4 is 10.6 Å². The van der Waals surface area contributed by atoms with E-state index in [0.29, 0.717) is 12.3 Å². The summed E-state index contributed by atoms with van der Waals surface area (Å²) in [5.41, 5.74) is 2.44. The molecule has 2 N–H and O–H groups in total. The maximum absolute atomic E-state index is 12.8. The molecule has 182 valence electrons. The molecular formula is C26H34N4O3S. The Hall–Kier alpha value is -2.55. The second kappa shape index (κ2) is 11.7. The first-order valence-electron chi connectivity index (χ1n) is 12.1. The smallest absolute Gasteiger partial charge is 0.243 e. The predicted octanol–water partition coefficient (Wildman–Crippen LogP) is 3.25. The van der Waals surface area contributed by atoms with Gasteiger partial charge in [0.1, 0.15) is 6.04 Å². The Balaban J connectivity index is 1.37. The van der Waals surface area contributed by atoms with Gasteiger partial charge in [-0.2, -0.15) is 0 Å². The molecule has 8 heteroatoms. The zero-order chi connectivity index (χ0) is 23.9. The first-order valence-corrected chi connectivity index (χ1v) is 13.0. The van der Waals surface area contributed by atoms with Crippen molar-refractivity contribution in [2.45, 2.75) is 37.8 Å². The number of para-hydroxylation sites is 1. The maximum Gasteiger partial charge on any atom is 0.243 e. The van der Waals surface area contributed by atoms with Gasteiger partial charge in [0.05, 0.1) is 13.2 Å². The van der Waals surface area contributed by atoms with Crippen LogP contribution in [0.2, 0.25) is 0 Å². The molecule has 2 amide bonds. The molecule has 1 atom stereocenters. The number of ether oxygens (including phenoxy) is 1. The molecule has 2 aromatic carbocycles. The van der Waals surface area contributed by atoms with Crippen LogP contribution in [0.25, 0.3) is 21.8 Å². The number of thioether (sulfide) groups is 1. The fourth-order valence-corrected chi connectivity index (χ4v) is 5.49. The van der Waals surface area contributed by atoms with Crippen molar-refractivity contribution in [1.82, 2.24) is 20.1 Å². The summed E-state index contributed by atoms with van der Waals surface area (Å²) in [4.78, 5) is 28.0. The number of aromatic nitrogens is 1. The van der Waals surface area contributed by atoms with Crippen LogP contribution in [0.5, 0.6) is 0 Å². The van der Waals surface area contributed by atoms with Crippen LogP contribution in [0, 0.1) is 0 Å². The van der Waals surface area contributed by atoms with E-state index in [9.17, 15) is 9.59 Å². The van der Waals surface area contributed by atoms with E-state index in [-0.39, 0.29) is 11.8 Å². The van der Waals surface area contributed by atoms with Gasteiger partial charge in [0, 0.05) is 65.6 Å². The van der Waals surface area contributed by atoms with Crippen molar-refractivity contribution in [2.75, 3.05) is 45.1 Å². The number of carbonyl (C=O) groups excluding carboxylic acids is 2. The lowest BCUT2D eigenvalue weighted by Gasteiger charge is -2.26. The SMILES string of the molecule is CCn1c2ccccc2c2cc(SCC(NC(C)=O)C(=O)NCCCN3CCOCC3)ccc21. The molecule has 0 bridgehead atoms. The second-order valence-corrected chi connectivity index (χ2v) is 9.70. The van der Waals surface area contributed by atoms with E-state index in [1.165, 1.54) is 28.7 Å². The largest absolute Gasteiger partial charge is 0.379 e. The third-order valence-corrected chi connectivity index (χ3v) is 7.31. The topological polar surface area (TPSA) is 75.6 Å². The number of rotatable bonds is 10. The predicted molar refractivity (Wildman–Crippen MR) is 138 cm³/mol. The summed E-state index contributed by atoms with van der Waals surface area (Å²) in [6.07, 6.45) is 0.879. The van der Waals surface area contributed by atoms with Gasteiger partial charge in [-0.15, -0.1) is 11.8 Å². The Morgan fingerprint density at radius 1 is 1.09 bits per heavy atom. The molecule has 1 unspecified atom stereocenters. The maximum atomic E-state index is 12.8. The number of hydrogen-bond donors (Lipinski definition) is 2. The minimum absolute atomic E-state index is 0.131. The van der Waals surface area contributed by atoms with Crippen molar-refractivity contribution >= 4 is 45.4 Å². The number of carbonyl (C=O) groups is 2. The van der Waals surface area contributed by atoms with Crippen LogP contribution >= 0.6 is 11.8 Å². The highest BCUT2D eigenvalue weighted by molar-refractivity contribution is 7.99. The molecule has 7 nitrogen and oxygen atoms in total. The third kappa shape index (κ3) is 5.92. The van der Waals surface area contributed by atoms with Gasteiger partial charge in [-0.25, -0.2) is 0 Å². The van der Waals surface area contributed by atoms with Gasteiger partial charge < -0.3 is 19.9 Å². The number of morpholine rings is 1. The molecule has 1 aliphatic heterocycles. The number of amides is 2. The van der Waals surface area contributed by atoms with Crippen LogP contribution in [0.4, 0.5) is 0 Å². The Morgan fingerprint density at radius 3 is 2.62 bits per heavy atom. The summed E-state index contributed by atoms with van der Waals surface area (Å²) in [7, 11) is 0. The van der Waals surface area contributed by atoms with E-state index in [1.54, 1.807) is 11.8 Å². The molecule has 34 heavy (non-hydrogen) atoms. The van der Waals surface area contributed by atoms with Crippen molar-refractivity contribution in [1.29, 1.82) is 0 Å². The Bertz CT molecular complexity index is 1140. The molecule has 2 heterocycles. The highest BCUT2D eigenvalue weighted by atomic mass is 32.2. The van der Waals surface area contributed by atoms with Gasteiger partial charge in [0.25, 0.3) is 0 Å². The molecule has 4 rings (SSSR count). The molecule has 1 fully saturated rings. The Labute approximate surface area is 205 Å². The molecule has 0 radical (unpaired) electrons. The lowest BCUT2D eigenvalue weighted by Crippen LogP contribution is -2.48. The fraction of sp³-hybridized carbons (Fsp3) is 0.462. The van der Waals surface area contributed by atoms with Crippen molar-refractivity contribution in [3.8, 4) is 0 Å². The van der Waals surface area contributed by atoms with E-state index < -0.39 is 6.04 Å². The minimum atomic E-state index is -0.571. The average molecular weight is 483 g/mol. The number of nitrogens with one attached hydrogen (secondary N) is 2. The van der Waals surface area contributed by atoms with Crippen molar-refractivity contribution < 1.29 is 14.3 Å². The normalized spacial score (nSPS) is 15.5. The summed E-state index contributed by atoms with van der Waals surface area (Å²) in [6.45, 7) is 9.50. The van der Waals surface area contributed by atoms with Crippen LogP contribution in [0.3, 0.4) is 0 Å². The second-order valence-electron chi connectivity index (χ2n) is 8.60. The summed E-state index contributed by atoms with van der Waals surface area (Å²) in [6, 6.07) is 14.3. The number of aryl methyl sites for hydroxylation is 1. The summed E-state index contributed by atoms with van der Waals surface area (Å²) in [5.74, 6) is 0.149. The molecule has 0 aliphatic carbocycles.